The van der Waals surface area contributed by atoms with E-state index in [1.807, 2.05) is 0 Å². The Bertz CT molecular complexity index is 94.6. The van der Waals surface area contributed by atoms with E-state index in [9.17, 15) is 4.79 Å². The van der Waals surface area contributed by atoms with Crippen LogP contribution in [-0.4, -0.2) is 26.9 Å². The molecule has 0 radical (unpaired) electrons. The van der Waals surface area contributed by atoms with E-state index >= 15 is 0 Å². The maximum absolute atomic E-state index is 10.6. The molecule has 0 spiro atoms. The van der Waals surface area contributed by atoms with Crippen LogP contribution in [-0.2, 0) is 4.79 Å². The molecule has 2 nitrogen and oxygen atoms in total. The summed E-state index contributed by atoms with van der Waals surface area (Å²) in [6.45, 7) is 1.01. The fraction of sp³-hybridized carbons (Fsp3) is 0.800. The summed E-state index contributed by atoms with van der Waals surface area (Å²) in [6.07, 6.45) is 0.788. The number of hydrogen-bond acceptors (Lipinski definition) is 2. The van der Waals surface area contributed by atoms with Crippen LogP contribution in [0.1, 0.15) is 6.42 Å². The number of halogens is 1. The van der Waals surface area contributed by atoms with Crippen LogP contribution in [0, 0.1) is 0 Å². The maximum atomic E-state index is 10.6. The summed E-state index contributed by atoms with van der Waals surface area (Å²) in [5.41, 5.74) is 0. The van der Waals surface area contributed by atoms with Crippen molar-refractivity contribution in [3.63, 3.8) is 0 Å². The molecule has 1 fully saturated rings. The van der Waals surface area contributed by atoms with E-state index in [4.69, 9.17) is 0 Å². The standard InChI is InChI=1S/C5H9INO/c1-7-3-2-5(8)4-6-7/h2-4H2,1H3/q-1. The van der Waals surface area contributed by atoms with Gasteiger partial charge < -0.3 is 0 Å². The predicted octanol–water partition coefficient (Wildman–Crippen LogP) is -3.10. The van der Waals surface area contributed by atoms with Crippen LogP contribution in [0.4, 0.5) is 0 Å². The molecule has 0 unspecified atom stereocenters. The number of rotatable bonds is 0. The Kier molecular flexibility index (Phi) is 2.25. The molecule has 0 aromatic rings. The first-order valence-corrected chi connectivity index (χ1v) is 5.10. The fourth-order valence-electron chi connectivity index (χ4n) is 0.574. The number of hydrogen-bond donors (Lipinski definition) is 0. The Morgan fingerprint density at radius 1 is 1.75 bits per heavy atom. The summed E-state index contributed by atoms with van der Waals surface area (Å²) in [5.74, 6) is 0.468. The van der Waals surface area contributed by atoms with Crippen LogP contribution < -0.4 is 21.5 Å². The molecule has 0 saturated carbocycles. The first-order valence-electron chi connectivity index (χ1n) is 2.61. The molecule has 0 amide bonds. The zero-order valence-corrected chi connectivity index (χ0v) is 7.01. The van der Waals surface area contributed by atoms with Gasteiger partial charge in [-0.05, 0) is 0 Å². The van der Waals surface area contributed by atoms with E-state index in [1.54, 1.807) is 0 Å². The molecule has 0 atom stereocenters. The molecule has 3 heteroatoms. The van der Waals surface area contributed by atoms with Gasteiger partial charge in [-0.1, -0.05) is 0 Å². The molecule has 0 bridgehead atoms. The van der Waals surface area contributed by atoms with Crippen LogP contribution in [0.15, 0.2) is 0 Å². The average molecular weight is 226 g/mol. The van der Waals surface area contributed by atoms with Crippen molar-refractivity contribution in [1.29, 1.82) is 0 Å². The molecule has 1 aliphatic rings. The second-order valence-electron chi connectivity index (χ2n) is 1.87. The van der Waals surface area contributed by atoms with Crippen LogP contribution >= 0.6 is 0 Å². The number of nitrogens with zero attached hydrogens (tertiary/aromatic N) is 1. The Morgan fingerprint density at radius 2 is 2.50 bits per heavy atom. The van der Waals surface area contributed by atoms with Crippen molar-refractivity contribution in [2.75, 3.05) is 18.0 Å². The molecule has 1 aliphatic heterocycles. The average Bonchev–Trinajstić information content (AvgIpc) is 1.77. The molecule has 0 N–H and O–H groups in total. The first kappa shape index (κ1) is 6.48. The van der Waals surface area contributed by atoms with Crippen LogP contribution in [0.3, 0.4) is 0 Å². The summed E-state index contributed by atoms with van der Waals surface area (Å²) in [7, 11) is 2.10. The van der Waals surface area contributed by atoms with Crippen molar-refractivity contribution in [3.8, 4) is 0 Å². The van der Waals surface area contributed by atoms with Gasteiger partial charge in [-0.3, -0.25) is 0 Å². The number of alkyl halides is 1. The zero-order chi connectivity index (χ0) is 5.98. The van der Waals surface area contributed by atoms with Crippen molar-refractivity contribution < 1.29 is 26.3 Å². The molecule has 48 valence electrons. The van der Waals surface area contributed by atoms with E-state index in [0.29, 0.717) is 5.78 Å². The molecule has 0 aromatic carbocycles. The second kappa shape index (κ2) is 2.77. The number of ketones is 1. The van der Waals surface area contributed by atoms with E-state index in [0.717, 1.165) is 17.4 Å². The van der Waals surface area contributed by atoms with Gasteiger partial charge in [-0.15, -0.1) is 0 Å². The van der Waals surface area contributed by atoms with Crippen molar-refractivity contribution in [2.45, 2.75) is 6.42 Å². The molecular weight excluding hydrogens is 217 g/mol. The Balaban J connectivity index is 2.29. The minimum atomic E-state index is 0.0955. The van der Waals surface area contributed by atoms with Crippen molar-refractivity contribution in [3.05, 3.63) is 0 Å². The number of Topliss-reactive ketones (excluding diaryl/α,β-unsaturated/α-hetero) is 1. The summed E-state index contributed by atoms with van der Waals surface area (Å²) >= 11 is 0.0955. The Morgan fingerprint density at radius 3 is 2.88 bits per heavy atom. The molecule has 0 aromatic heterocycles. The van der Waals surface area contributed by atoms with Crippen LogP contribution in [0.5, 0.6) is 0 Å². The van der Waals surface area contributed by atoms with Gasteiger partial charge in [0.05, 0.1) is 0 Å². The van der Waals surface area contributed by atoms with Gasteiger partial charge in [0.25, 0.3) is 0 Å². The third kappa shape index (κ3) is 1.70. The van der Waals surface area contributed by atoms with E-state index < -0.39 is 0 Å². The monoisotopic (exact) mass is 226 g/mol. The summed E-state index contributed by atoms with van der Waals surface area (Å²) in [5, 5.41) is 0. The van der Waals surface area contributed by atoms with Crippen LogP contribution in [0.25, 0.3) is 0 Å². The van der Waals surface area contributed by atoms with Gasteiger partial charge >= 0.3 is 59.6 Å². The molecule has 0 aliphatic carbocycles. The van der Waals surface area contributed by atoms with Gasteiger partial charge in [-0.25, -0.2) is 0 Å². The summed E-state index contributed by atoms with van der Waals surface area (Å²) in [4.78, 5) is 10.6. The first-order chi connectivity index (χ1) is 3.79. The van der Waals surface area contributed by atoms with Gasteiger partial charge in [-0.2, -0.15) is 0 Å². The normalized spacial score (nSPS) is 24.9. The Labute approximate surface area is 59.9 Å². The molecule has 1 saturated heterocycles. The summed E-state index contributed by atoms with van der Waals surface area (Å²) < 4.78 is 3.16. The topological polar surface area (TPSA) is 20.3 Å². The van der Waals surface area contributed by atoms with Crippen molar-refractivity contribution in [2.24, 2.45) is 0 Å². The van der Waals surface area contributed by atoms with E-state index in [2.05, 4.69) is 10.2 Å². The fourth-order valence-corrected chi connectivity index (χ4v) is 2.50. The third-order valence-electron chi connectivity index (χ3n) is 1.11. The van der Waals surface area contributed by atoms with E-state index in [-0.39, 0.29) is 21.5 Å². The van der Waals surface area contributed by atoms with Gasteiger partial charge in [0, 0.05) is 0 Å². The zero-order valence-electron chi connectivity index (χ0n) is 4.85. The molecule has 1 rings (SSSR count). The molecule has 8 heavy (non-hydrogen) atoms. The number of carbonyl (C=O) groups excluding carboxylic acids is 1. The quantitative estimate of drug-likeness (QED) is 0.248. The predicted molar refractivity (Wildman–Crippen MR) is 27.1 cm³/mol. The van der Waals surface area contributed by atoms with E-state index in [1.165, 1.54) is 0 Å². The minimum absolute atomic E-state index is 0.0955. The van der Waals surface area contributed by atoms with Gasteiger partial charge in [0.2, 0.25) is 0 Å². The molecular formula is C5H9INO-. The van der Waals surface area contributed by atoms with Gasteiger partial charge in [0.15, 0.2) is 0 Å². The SMILES string of the molecule is CN1CCC(=O)C[I-]1. The molecule has 1 heterocycles. The second-order valence-corrected chi connectivity index (χ2v) is 4.96. The van der Waals surface area contributed by atoms with Crippen LogP contribution in [0.2, 0.25) is 0 Å². The van der Waals surface area contributed by atoms with Crippen molar-refractivity contribution in [1.82, 2.24) is 3.11 Å². The third-order valence-corrected chi connectivity index (χ3v) is 3.95. The van der Waals surface area contributed by atoms with Gasteiger partial charge in [0.1, 0.15) is 0 Å². The Hall–Kier alpha value is 0.360. The summed E-state index contributed by atoms with van der Waals surface area (Å²) in [6, 6.07) is 0. The van der Waals surface area contributed by atoms with Crippen molar-refractivity contribution >= 4 is 5.78 Å². The number of carbonyl (C=O) groups is 1.